The standard InChI is InChI=1S/C16H27N3O3Si/c1-16(2,3)23(4,5)22-15-8-6-7-11-18(15)14-10-9-13(12-17-14)19(20)21/h9-10,12,15H,6-8,11H2,1-5H3/t15-/m1/s1. The van der Waals surface area contributed by atoms with Gasteiger partial charge < -0.3 is 9.33 Å². The van der Waals surface area contributed by atoms with Gasteiger partial charge in [-0.3, -0.25) is 10.1 Å². The SMILES string of the molecule is CC(C)(C)[Si](C)(C)O[C@@H]1CCCCN1c1ccc([N+](=O)[O-])cn1. The Balaban J connectivity index is 2.20. The van der Waals surface area contributed by atoms with E-state index in [9.17, 15) is 10.1 Å². The van der Waals surface area contributed by atoms with Crippen LogP contribution < -0.4 is 4.90 Å². The van der Waals surface area contributed by atoms with Crippen molar-refractivity contribution in [3.05, 3.63) is 28.4 Å². The van der Waals surface area contributed by atoms with E-state index in [1.807, 2.05) is 0 Å². The zero-order valence-corrected chi connectivity index (χ0v) is 15.7. The summed E-state index contributed by atoms with van der Waals surface area (Å²) in [6.07, 6.45) is 4.55. The molecule has 128 valence electrons. The molecule has 0 aromatic carbocycles. The molecule has 1 fully saturated rings. The lowest BCUT2D eigenvalue weighted by atomic mass is 10.1. The summed E-state index contributed by atoms with van der Waals surface area (Å²) in [4.78, 5) is 16.8. The van der Waals surface area contributed by atoms with Crippen LogP contribution in [0.2, 0.25) is 18.1 Å². The molecule has 0 saturated carbocycles. The first kappa shape index (κ1) is 17.9. The number of aromatic nitrogens is 1. The number of nitro groups is 1. The van der Waals surface area contributed by atoms with Gasteiger partial charge in [0.05, 0.1) is 4.92 Å². The molecule has 7 heteroatoms. The Hall–Kier alpha value is -1.47. The van der Waals surface area contributed by atoms with Crippen LogP contribution in [0.5, 0.6) is 0 Å². The molecule has 1 aromatic heterocycles. The van der Waals surface area contributed by atoms with Gasteiger partial charge in [0.15, 0.2) is 8.32 Å². The van der Waals surface area contributed by atoms with E-state index >= 15 is 0 Å². The van der Waals surface area contributed by atoms with Crippen LogP contribution in [0.25, 0.3) is 0 Å². The van der Waals surface area contributed by atoms with Crippen LogP contribution in [0.3, 0.4) is 0 Å². The second kappa shape index (κ2) is 6.57. The number of nitrogens with zero attached hydrogens (tertiary/aromatic N) is 3. The number of hydrogen-bond acceptors (Lipinski definition) is 5. The van der Waals surface area contributed by atoms with E-state index in [2.05, 4.69) is 43.7 Å². The Bertz CT molecular complexity index is 555. The molecule has 1 aliphatic rings. The molecule has 2 rings (SSSR count). The average Bonchev–Trinajstić information content (AvgIpc) is 2.46. The highest BCUT2D eigenvalue weighted by atomic mass is 28.4. The first-order valence-corrected chi connectivity index (χ1v) is 11.1. The molecular weight excluding hydrogens is 310 g/mol. The van der Waals surface area contributed by atoms with Gasteiger partial charge in [-0.1, -0.05) is 20.8 Å². The molecule has 23 heavy (non-hydrogen) atoms. The van der Waals surface area contributed by atoms with Gasteiger partial charge in [-0.25, -0.2) is 4.98 Å². The predicted molar refractivity (Wildman–Crippen MR) is 94.2 cm³/mol. The molecule has 1 aliphatic heterocycles. The Labute approximate surface area is 139 Å². The first-order chi connectivity index (χ1) is 10.6. The van der Waals surface area contributed by atoms with Gasteiger partial charge in [-0.2, -0.15) is 0 Å². The quantitative estimate of drug-likeness (QED) is 0.465. The van der Waals surface area contributed by atoms with Gasteiger partial charge in [-0.05, 0) is 43.5 Å². The molecule has 0 spiro atoms. The van der Waals surface area contributed by atoms with Gasteiger partial charge in [0.25, 0.3) is 5.69 Å². The third-order valence-corrected chi connectivity index (χ3v) is 9.40. The maximum Gasteiger partial charge on any atom is 0.287 e. The van der Waals surface area contributed by atoms with E-state index in [1.165, 1.54) is 12.3 Å². The molecule has 0 bridgehead atoms. The smallest absolute Gasteiger partial charge is 0.287 e. The van der Waals surface area contributed by atoms with Crippen molar-refractivity contribution in [2.75, 3.05) is 11.4 Å². The Morgan fingerprint density at radius 2 is 2.04 bits per heavy atom. The summed E-state index contributed by atoms with van der Waals surface area (Å²) in [5.74, 6) is 0.763. The lowest BCUT2D eigenvalue weighted by Crippen LogP contribution is -2.51. The topological polar surface area (TPSA) is 68.5 Å². The Kier molecular flexibility index (Phi) is 5.10. The predicted octanol–water partition coefficient (Wildman–Crippen LogP) is 4.33. The molecular formula is C16H27N3O3Si. The largest absolute Gasteiger partial charge is 0.397 e. The molecule has 0 amide bonds. The van der Waals surface area contributed by atoms with Gasteiger partial charge in [0.1, 0.15) is 18.2 Å². The number of pyridine rings is 1. The normalized spacial score (nSPS) is 19.7. The Morgan fingerprint density at radius 3 is 2.57 bits per heavy atom. The fraction of sp³-hybridized carbons (Fsp3) is 0.688. The summed E-state index contributed by atoms with van der Waals surface area (Å²) < 4.78 is 6.58. The van der Waals surface area contributed by atoms with Gasteiger partial charge in [0.2, 0.25) is 0 Å². The van der Waals surface area contributed by atoms with Crippen LogP contribution in [-0.4, -0.2) is 31.0 Å². The number of rotatable bonds is 4. The van der Waals surface area contributed by atoms with Crippen molar-refractivity contribution in [3.8, 4) is 0 Å². The number of anilines is 1. The molecule has 6 nitrogen and oxygen atoms in total. The van der Waals surface area contributed by atoms with Crippen LogP contribution in [0.15, 0.2) is 18.3 Å². The number of hydrogen-bond donors (Lipinski definition) is 0. The van der Waals surface area contributed by atoms with Crippen molar-refractivity contribution >= 4 is 19.8 Å². The zero-order valence-electron chi connectivity index (χ0n) is 14.7. The highest BCUT2D eigenvalue weighted by Gasteiger charge is 2.41. The van der Waals surface area contributed by atoms with E-state index in [1.54, 1.807) is 6.07 Å². The molecule has 0 unspecified atom stereocenters. The minimum absolute atomic E-state index is 0.0126. The first-order valence-electron chi connectivity index (χ1n) is 8.17. The molecule has 1 atom stereocenters. The summed E-state index contributed by atoms with van der Waals surface area (Å²) in [5, 5.41) is 10.9. The molecule has 1 aromatic rings. The van der Waals surface area contributed by atoms with E-state index in [0.717, 1.165) is 31.6 Å². The summed E-state index contributed by atoms with van der Waals surface area (Å²) in [7, 11) is -1.87. The monoisotopic (exact) mass is 337 g/mol. The second-order valence-electron chi connectivity index (χ2n) is 7.65. The van der Waals surface area contributed by atoms with E-state index in [0.29, 0.717) is 0 Å². The maximum absolute atomic E-state index is 10.8. The molecule has 0 aliphatic carbocycles. The van der Waals surface area contributed by atoms with Crippen molar-refractivity contribution < 1.29 is 9.35 Å². The maximum atomic E-state index is 10.8. The summed E-state index contributed by atoms with van der Waals surface area (Å²) >= 11 is 0. The fourth-order valence-electron chi connectivity index (χ4n) is 2.46. The lowest BCUT2D eigenvalue weighted by Gasteiger charge is -2.44. The third-order valence-electron chi connectivity index (χ3n) is 4.92. The zero-order chi connectivity index (χ0) is 17.3. The van der Waals surface area contributed by atoms with Crippen molar-refractivity contribution in [2.24, 2.45) is 0 Å². The van der Waals surface area contributed by atoms with Crippen molar-refractivity contribution in [1.82, 2.24) is 4.98 Å². The molecule has 0 radical (unpaired) electrons. The summed E-state index contributed by atoms with van der Waals surface area (Å²) in [6.45, 7) is 12.1. The van der Waals surface area contributed by atoms with Gasteiger partial charge >= 0.3 is 0 Å². The van der Waals surface area contributed by atoms with Crippen LogP contribution >= 0.6 is 0 Å². The van der Waals surface area contributed by atoms with Crippen molar-refractivity contribution in [2.45, 2.75) is 64.4 Å². The third kappa shape index (κ3) is 4.09. The van der Waals surface area contributed by atoms with Crippen molar-refractivity contribution in [3.63, 3.8) is 0 Å². The van der Waals surface area contributed by atoms with E-state index in [-0.39, 0.29) is 17.0 Å². The van der Waals surface area contributed by atoms with Gasteiger partial charge in [-0.15, -0.1) is 0 Å². The molecule has 2 heterocycles. The van der Waals surface area contributed by atoms with Gasteiger partial charge in [0, 0.05) is 12.6 Å². The highest BCUT2D eigenvalue weighted by molar-refractivity contribution is 6.74. The molecule has 0 N–H and O–H groups in total. The lowest BCUT2D eigenvalue weighted by molar-refractivity contribution is -0.385. The van der Waals surface area contributed by atoms with Crippen LogP contribution in [-0.2, 0) is 4.43 Å². The van der Waals surface area contributed by atoms with E-state index in [4.69, 9.17) is 4.43 Å². The highest BCUT2D eigenvalue weighted by Crippen LogP contribution is 2.39. The Morgan fingerprint density at radius 1 is 1.35 bits per heavy atom. The average molecular weight is 337 g/mol. The van der Waals surface area contributed by atoms with Crippen LogP contribution in [0.1, 0.15) is 40.0 Å². The molecule has 1 saturated heterocycles. The van der Waals surface area contributed by atoms with E-state index < -0.39 is 13.2 Å². The summed E-state index contributed by atoms with van der Waals surface area (Å²) in [6, 6.07) is 3.24. The van der Waals surface area contributed by atoms with Crippen LogP contribution in [0, 0.1) is 10.1 Å². The van der Waals surface area contributed by atoms with Crippen LogP contribution in [0.4, 0.5) is 11.5 Å². The second-order valence-corrected chi connectivity index (χ2v) is 12.4. The minimum atomic E-state index is -1.87. The van der Waals surface area contributed by atoms with Crippen molar-refractivity contribution in [1.29, 1.82) is 0 Å². The fourth-order valence-corrected chi connectivity index (χ4v) is 3.74. The number of piperidine rings is 1. The minimum Gasteiger partial charge on any atom is -0.397 e. The summed E-state index contributed by atoms with van der Waals surface area (Å²) in [5.41, 5.74) is 0.0209.